The van der Waals surface area contributed by atoms with Gasteiger partial charge in [0, 0.05) is 44.7 Å². The molecule has 0 bridgehead atoms. The number of likely N-dealkylation sites (N-methyl/N-ethyl adjacent to an activating group) is 1. The zero-order valence-corrected chi connectivity index (χ0v) is 15.7. The SMILES string of the molecule is CCNC(=NCCN(C)Cc1ccccc1)N1CCC2(CCOC2)C1. The molecule has 0 saturated carbocycles. The van der Waals surface area contributed by atoms with E-state index in [1.165, 1.54) is 18.4 Å². The van der Waals surface area contributed by atoms with Crippen LogP contribution in [0.5, 0.6) is 0 Å². The number of likely N-dealkylation sites (tertiary alicyclic amines) is 1. The van der Waals surface area contributed by atoms with Crippen LogP contribution in [0.15, 0.2) is 35.3 Å². The minimum atomic E-state index is 0.375. The highest BCUT2D eigenvalue weighted by Gasteiger charge is 2.42. The van der Waals surface area contributed by atoms with Crippen molar-refractivity contribution < 1.29 is 4.74 Å². The molecule has 2 aliphatic rings. The third-order valence-corrected chi connectivity index (χ3v) is 5.30. The molecule has 3 rings (SSSR count). The second-order valence-corrected chi connectivity index (χ2v) is 7.43. The lowest BCUT2D eigenvalue weighted by atomic mass is 9.87. The average molecular weight is 345 g/mol. The first-order valence-electron chi connectivity index (χ1n) is 9.54. The van der Waals surface area contributed by atoms with Gasteiger partial charge in [-0.15, -0.1) is 0 Å². The molecule has 1 atom stereocenters. The normalized spacial score (nSPS) is 23.8. The number of ether oxygens (including phenoxy) is 1. The summed E-state index contributed by atoms with van der Waals surface area (Å²) in [5.41, 5.74) is 1.73. The van der Waals surface area contributed by atoms with E-state index in [0.29, 0.717) is 5.41 Å². The smallest absolute Gasteiger partial charge is 0.193 e. The van der Waals surface area contributed by atoms with Crippen molar-refractivity contribution in [3.63, 3.8) is 0 Å². The number of aliphatic imine (C=N–C) groups is 1. The summed E-state index contributed by atoms with van der Waals surface area (Å²) in [4.78, 5) is 9.64. The second kappa shape index (κ2) is 8.68. The summed E-state index contributed by atoms with van der Waals surface area (Å²) in [6, 6.07) is 10.6. The van der Waals surface area contributed by atoms with E-state index in [1.54, 1.807) is 0 Å². The van der Waals surface area contributed by atoms with E-state index in [-0.39, 0.29) is 0 Å². The largest absolute Gasteiger partial charge is 0.381 e. The predicted octanol–water partition coefficient (Wildman–Crippen LogP) is 2.20. The Labute approximate surface area is 152 Å². The highest BCUT2D eigenvalue weighted by Crippen LogP contribution is 2.38. The van der Waals surface area contributed by atoms with Gasteiger partial charge in [-0.1, -0.05) is 30.3 Å². The second-order valence-electron chi connectivity index (χ2n) is 7.43. The maximum Gasteiger partial charge on any atom is 0.193 e. The average Bonchev–Trinajstić information content (AvgIpc) is 3.25. The molecule has 5 nitrogen and oxygen atoms in total. The molecule has 1 aromatic carbocycles. The summed E-state index contributed by atoms with van der Waals surface area (Å²) >= 11 is 0. The van der Waals surface area contributed by atoms with E-state index in [4.69, 9.17) is 9.73 Å². The van der Waals surface area contributed by atoms with Gasteiger partial charge in [0.1, 0.15) is 0 Å². The van der Waals surface area contributed by atoms with Gasteiger partial charge in [0.25, 0.3) is 0 Å². The van der Waals surface area contributed by atoms with Crippen LogP contribution in [-0.2, 0) is 11.3 Å². The minimum absolute atomic E-state index is 0.375. The van der Waals surface area contributed by atoms with Gasteiger partial charge in [-0.2, -0.15) is 0 Å². The van der Waals surface area contributed by atoms with Gasteiger partial charge in [0.05, 0.1) is 13.2 Å². The van der Waals surface area contributed by atoms with Gasteiger partial charge in [0.2, 0.25) is 0 Å². The van der Waals surface area contributed by atoms with Gasteiger partial charge in [-0.25, -0.2) is 0 Å². The van der Waals surface area contributed by atoms with Crippen molar-refractivity contribution in [3.05, 3.63) is 35.9 Å². The molecule has 2 saturated heterocycles. The van der Waals surface area contributed by atoms with Gasteiger partial charge < -0.3 is 19.9 Å². The van der Waals surface area contributed by atoms with Crippen LogP contribution in [0.4, 0.5) is 0 Å². The molecule has 138 valence electrons. The molecule has 1 unspecified atom stereocenters. The van der Waals surface area contributed by atoms with Gasteiger partial charge in [0.15, 0.2) is 5.96 Å². The van der Waals surface area contributed by atoms with Crippen LogP contribution in [0.1, 0.15) is 25.3 Å². The molecular formula is C20H32N4O. The number of benzene rings is 1. The van der Waals surface area contributed by atoms with Crippen molar-refractivity contribution in [3.8, 4) is 0 Å². The molecule has 2 aliphatic heterocycles. The fourth-order valence-electron chi connectivity index (χ4n) is 3.81. The van der Waals surface area contributed by atoms with Crippen molar-refractivity contribution in [2.45, 2.75) is 26.3 Å². The summed E-state index contributed by atoms with van der Waals surface area (Å²) in [5, 5.41) is 3.47. The first-order chi connectivity index (χ1) is 12.2. The molecular weight excluding hydrogens is 312 g/mol. The number of guanidine groups is 1. The Morgan fingerprint density at radius 2 is 2.16 bits per heavy atom. The Morgan fingerprint density at radius 1 is 1.32 bits per heavy atom. The predicted molar refractivity (Wildman–Crippen MR) is 103 cm³/mol. The monoisotopic (exact) mass is 344 g/mol. The summed E-state index contributed by atoms with van der Waals surface area (Å²) in [7, 11) is 2.16. The summed E-state index contributed by atoms with van der Waals surface area (Å²) in [6.07, 6.45) is 2.42. The fourth-order valence-corrected chi connectivity index (χ4v) is 3.81. The topological polar surface area (TPSA) is 40.1 Å². The van der Waals surface area contributed by atoms with Crippen LogP contribution in [0.25, 0.3) is 0 Å². The Hall–Kier alpha value is -1.59. The molecule has 2 fully saturated rings. The lowest BCUT2D eigenvalue weighted by Gasteiger charge is -2.25. The van der Waals surface area contributed by atoms with E-state index in [2.05, 4.69) is 59.4 Å². The van der Waals surface area contributed by atoms with Crippen LogP contribution in [-0.4, -0.2) is 68.7 Å². The molecule has 1 spiro atoms. The van der Waals surface area contributed by atoms with E-state index in [9.17, 15) is 0 Å². The summed E-state index contributed by atoms with van der Waals surface area (Å²) < 4.78 is 5.65. The maximum absolute atomic E-state index is 5.65. The van der Waals surface area contributed by atoms with E-state index in [0.717, 1.165) is 58.4 Å². The molecule has 0 aliphatic carbocycles. The van der Waals surface area contributed by atoms with Crippen molar-refractivity contribution >= 4 is 5.96 Å². The minimum Gasteiger partial charge on any atom is -0.381 e. The zero-order valence-electron chi connectivity index (χ0n) is 15.7. The van der Waals surface area contributed by atoms with Crippen molar-refractivity contribution in [2.24, 2.45) is 10.4 Å². The Kier molecular flexibility index (Phi) is 6.32. The van der Waals surface area contributed by atoms with Crippen LogP contribution in [0.2, 0.25) is 0 Å². The number of rotatable bonds is 6. The van der Waals surface area contributed by atoms with Crippen molar-refractivity contribution in [2.75, 3.05) is 53.0 Å². The van der Waals surface area contributed by atoms with Crippen LogP contribution >= 0.6 is 0 Å². The van der Waals surface area contributed by atoms with E-state index >= 15 is 0 Å². The standard InChI is InChI=1S/C20H32N4O/c1-3-21-19(24-12-9-20(16-24)10-14-25-17-20)22-11-13-23(2)15-18-7-5-4-6-8-18/h4-8H,3,9-17H2,1-2H3,(H,21,22). The first kappa shape index (κ1) is 18.2. The zero-order chi connectivity index (χ0) is 17.5. The van der Waals surface area contributed by atoms with Crippen LogP contribution in [0.3, 0.4) is 0 Å². The lowest BCUT2D eigenvalue weighted by Crippen LogP contribution is -2.41. The quantitative estimate of drug-likeness (QED) is 0.634. The molecule has 0 aromatic heterocycles. The van der Waals surface area contributed by atoms with Crippen LogP contribution < -0.4 is 5.32 Å². The Morgan fingerprint density at radius 3 is 2.88 bits per heavy atom. The molecule has 2 heterocycles. The summed E-state index contributed by atoms with van der Waals surface area (Å²) in [5.74, 6) is 1.07. The first-order valence-corrected chi connectivity index (χ1v) is 9.54. The highest BCUT2D eigenvalue weighted by atomic mass is 16.5. The number of nitrogens with one attached hydrogen (secondary N) is 1. The molecule has 0 amide bonds. The van der Waals surface area contributed by atoms with Gasteiger partial charge in [-0.3, -0.25) is 4.99 Å². The number of hydrogen-bond acceptors (Lipinski definition) is 3. The molecule has 0 radical (unpaired) electrons. The van der Waals surface area contributed by atoms with Gasteiger partial charge in [-0.05, 0) is 32.4 Å². The molecule has 1 aromatic rings. The van der Waals surface area contributed by atoms with Crippen molar-refractivity contribution in [1.82, 2.24) is 15.1 Å². The highest BCUT2D eigenvalue weighted by molar-refractivity contribution is 5.80. The Bertz CT molecular complexity index is 554. The van der Waals surface area contributed by atoms with Gasteiger partial charge >= 0.3 is 0 Å². The van der Waals surface area contributed by atoms with Crippen LogP contribution in [0, 0.1) is 5.41 Å². The number of hydrogen-bond donors (Lipinski definition) is 1. The molecule has 25 heavy (non-hydrogen) atoms. The van der Waals surface area contributed by atoms with Crippen molar-refractivity contribution in [1.29, 1.82) is 0 Å². The summed E-state index contributed by atoms with van der Waals surface area (Å²) in [6.45, 7) is 9.83. The molecule has 1 N–H and O–H groups in total. The van der Waals surface area contributed by atoms with E-state index in [1.807, 2.05) is 0 Å². The fraction of sp³-hybridized carbons (Fsp3) is 0.650. The third-order valence-electron chi connectivity index (χ3n) is 5.30. The molecule has 5 heteroatoms. The number of nitrogens with zero attached hydrogens (tertiary/aromatic N) is 3. The Balaban J connectivity index is 1.50. The maximum atomic E-state index is 5.65. The van der Waals surface area contributed by atoms with E-state index < -0.39 is 0 Å². The third kappa shape index (κ3) is 4.95. The lowest BCUT2D eigenvalue weighted by molar-refractivity contribution is 0.156.